The van der Waals surface area contributed by atoms with Gasteiger partial charge in [-0.15, -0.1) is 0 Å². The van der Waals surface area contributed by atoms with Crippen LogP contribution in [0, 0.1) is 11.7 Å². The summed E-state index contributed by atoms with van der Waals surface area (Å²) < 4.78 is 39.7. The van der Waals surface area contributed by atoms with E-state index in [9.17, 15) is 12.8 Å². The minimum absolute atomic E-state index is 0.0532. The largest absolute Gasteiger partial charge is 0.398 e. The second kappa shape index (κ2) is 6.54. The van der Waals surface area contributed by atoms with E-state index < -0.39 is 15.8 Å². The summed E-state index contributed by atoms with van der Waals surface area (Å²) in [5.41, 5.74) is 5.50. The smallest absolute Gasteiger partial charge is 0.242 e. The van der Waals surface area contributed by atoms with E-state index in [0.717, 1.165) is 18.6 Å². The number of nitrogens with two attached hydrogens (primary N) is 1. The summed E-state index contributed by atoms with van der Waals surface area (Å²) in [5, 5.41) is 0. The quantitative estimate of drug-likeness (QED) is 0.821. The molecule has 112 valence electrons. The van der Waals surface area contributed by atoms with E-state index in [0.29, 0.717) is 12.5 Å². The Morgan fingerprint density at radius 3 is 2.60 bits per heavy atom. The van der Waals surface area contributed by atoms with Crippen LogP contribution in [0.3, 0.4) is 0 Å². The molecule has 6 heteroatoms. The molecule has 1 aromatic carbocycles. The van der Waals surface area contributed by atoms with E-state index in [2.05, 4.69) is 4.72 Å². The standard InChI is InChI=1S/C14H21FN2O2S/c15-12-6-7-14(13(16)10-12)20(18,19)17-9-8-11-4-2-1-3-5-11/h6-7,10-11,17H,1-5,8-9,16H2. The summed E-state index contributed by atoms with van der Waals surface area (Å²) in [6.45, 7) is 0.407. The SMILES string of the molecule is Nc1cc(F)ccc1S(=O)(=O)NCCC1CCCCC1. The Bertz CT molecular complexity index is 554. The zero-order valence-electron chi connectivity index (χ0n) is 11.4. The van der Waals surface area contributed by atoms with Crippen LogP contribution in [-0.2, 0) is 10.0 Å². The highest BCUT2D eigenvalue weighted by Crippen LogP contribution is 2.26. The molecule has 3 N–H and O–H groups in total. The molecule has 1 aliphatic carbocycles. The van der Waals surface area contributed by atoms with Crippen LogP contribution in [0.25, 0.3) is 0 Å². The van der Waals surface area contributed by atoms with E-state index >= 15 is 0 Å². The average molecular weight is 300 g/mol. The minimum atomic E-state index is -3.65. The Labute approximate surface area is 119 Å². The van der Waals surface area contributed by atoms with Gasteiger partial charge in [-0.1, -0.05) is 32.1 Å². The number of rotatable bonds is 5. The molecule has 1 aromatic rings. The summed E-state index contributed by atoms with van der Waals surface area (Å²) in [7, 11) is -3.65. The van der Waals surface area contributed by atoms with Crippen LogP contribution in [0.1, 0.15) is 38.5 Å². The predicted octanol–water partition coefficient (Wildman–Crippen LogP) is 2.66. The molecule has 20 heavy (non-hydrogen) atoms. The van der Waals surface area contributed by atoms with Crippen LogP contribution in [0.4, 0.5) is 10.1 Å². The Morgan fingerprint density at radius 1 is 1.25 bits per heavy atom. The van der Waals surface area contributed by atoms with Gasteiger partial charge in [0.2, 0.25) is 10.0 Å². The number of nitrogens with one attached hydrogen (secondary N) is 1. The molecule has 4 nitrogen and oxygen atoms in total. The molecule has 2 rings (SSSR count). The first-order valence-corrected chi connectivity index (χ1v) is 8.52. The molecule has 0 bridgehead atoms. The van der Waals surface area contributed by atoms with E-state index in [1.54, 1.807) is 0 Å². The zero-order chi connectivity index (χ0) is 14.6. The summed E-state index contributed by atoms with van der Waals surface area (Å²) >= 11 is 0. The lowest BCUT2D eigenvalue weighted by molar-refractivity contribution is 0.339. The van der Waals surface area contributed by atoms with Crippen molar-refractivity contribution in [3.8, 4) is 0 Å². The summed E-state index contributed by atoms with van der Waals surface area (Å²) in [6, 6.07) is 3.33. The van der Waals surface area contributed by atoms with Crippen LogP contribution in [0.2, 0.25) is 0 Å². The van der Waals surface area contributed by atoms with Gasteiger partial charge in [-0.05, 0) is 30.5 Å². The first-order chi connectivity index (χ1) is 9.49. The third-order valence-corrected chi connectivity index (χ3v) is 5.37. The van der Waals surface area contributed by atoms with Crippen molar-refractivity contribution in [1.82, 2.24) is 4.72 Å². The van der Waals surface area contributed by atoms with E-state index in [1.807, 2.05) is 0 Å². The number of anilines is 1. The van der Waals surface area contributed by atoms with Gasteiger partial charge in [0.05, 0.1) is 5.69 Å². The normalized spacial score (nSPS) is 17.2. The molecule has 1 aliphatic rings. The lowest BCUT2D eigenvalue weighted by Crippen LogP contribution is -2.27. The number of sulfonamides is 1. The maximum Gasteiger partial charge on any atom is 0.242 e. The molecule has 0 heterocycles. The van der Waals surface area contributed by atoms with Crippen LogP contribution in [0.5, 0.6) is 0 Å². The average Bonchev–Trinajstić information content (AvgIpc) is 2.39. The van der Waals surface area contributed by atoms with Crippen LogP contribution in [0.15, 0.2) is 23.1 Å². The van der Waals surface area contributed by atoms with Gasteiger partial charge in [0.15, 0.2) is 0 Å². The summed E-state index contributed by atoms with van der Waals surface area (Å²) in [5.74, 6) is 0.0701. The Morgan fingerprint density at radius 2 is 1.95 bits per heavy atom. The fraction of sp³-hybridized carbons (Fsp3) is 0.571. The number of halogens is 1. The minimum Gasteiger partial charge on any atom is -0.398 e. The van der Waals surface area contributed by atoms with Crippen molar-refractivity contribution in [3.63, 3.8) is 0 Å². The second-order valence-electron chi connectivity index (χ2n) is 5.37. The van der Waals surface area contributed by atoms with Crippen LogP contribution >= 0.6 is 0 Å². The van der Waals surface area contributed by atoms with Crippen LogP contribution < -0.4 is 10.5 Å². The molecular weight excluding hydrogens is 279 g/mol. The van der Waals surface area contributed by atoms with Crippen molar-refractivity contribution in [1.29, 1.82) is 0 Å². The molecule has 0 aromatic heterocycles. The topological polar surface area (TPSA) is 72.2 Å². The van der Waals surface area contributed by atoms with Crippen molar-refractivity contribution in [2.45, 2.75) is 43.4 Å². The molecule has 0 unspecified atom stereocenters. The summed E-state index contributed by atoms with van der Waals surface area (Å²) in [4.78, 5) is -0.0532. The molecule has 0 saturated heterocycles. The van der Waals surface area contributed by atoms with Crippen molar-refractivity contribution in [3.05, 3.63) is 24.0 Å². The number of hydrogen-bond donors (Lipinski definition) is 2. The van der Waals surface area contributed by atoms with Gasteiger partial charge in [0.25, 0.3) is 0 Å². The third-order valence-electron chi connectivity index (χ3n) is 3.83. The molecule has 1 saturated carbocycles. The number of benzene rings is 1. The molecule has 0 aliphatic heterocycles. The molecule has 1 fully saturated rings. The van der Waals surface area contributed by atoms with E-state index in [4.69, 9.17) is 5.73 Å². The van der Waals surface area contributed by atoms with Crippen LogP contribution in [-0.4, -0.2) is 15.0 Å². The third kappa shape index (κ3) is 3.93. The Hall–Kier alpha value is -1.14. The highest BCUT2D eigenvalue weighted by Gasteiger charge is 2.19. The van der Waals surface area contributed by atoms with Crippen molar-refractivity contribution >= 4 is 15.7 Å². The first-order valence-electron chi connectivity index (χ1n) is 7.04. The molecule has 0 amide bonds. The monoisotopic (exact) mass is 300 g/mol. The van der Waals surface area contributed by atoms with Gasteiger partial charge in [-0.25, -0.2) is 17.5 Å². The van der Waals surface area contributed by atoms with E-state index in [-0.39, 0.29) is 10.6 Å². The van der Waals surface area contributed by atoms with Gasteiger partial charge in [-0.3, -0.25) is 0 Å². The van der Waals surface area contributed by atoms with Gasteiger partial charge in [-0.2, -0.15) is 0 Å². The van der Waals surface area contributed by atoms with Crippen molar-refractivity contribution < 1.29 is 12.8 Å². The second-order valence-corrected chi connectivity index (χ2v) is 7.11. The van der Waals surface area contributed by atoms with Gasteiger partial charge in [0.1, 0.15) is 10.7 Å². The predicted molar refractivity (Wildman–Crippen MR) is 77.2 cm³/mol. The number of hydrogen-bond acceptors (Lipinski definition) is 3. The molecular formula is C14H21FN2O2S. The van der Waals surface area contributed by atoms with Crippen molar-refractivity contribution in [2.75, 3.05) is 12.3 Å². The maximum absolute atomic E-state index is 12.9. The molecule has 0 radical (unpaired) electrons. The van der Waals surface area contributed by atoms with Crippen molar-refractivity contribution in [2.24, 2.45) is 5.92 Å². The Balaban J connectivity index is 1.93. The highest BCUT2D eigenvalue weighted by molar-refractivity contribution is 7.89. The lowest BCUT2D eigenvalue weighted by Gasteiger charge is -2.21. The summed E-state index contributed by atoms with van der Waals surface area (Å²) in [6.07, 6.45) is 6.97. The van der Waals surface area contributed by atoms with E-state index in [1.165, 1.54) is 38.2 Å². The Kier molecular flexibility index (Phi) is 4.99. The fourth-order valence-corrected chi connectivity index (χ4v) is 3.87. The first kappa shape index (κ1) is 15.3. The van der Waals surface area contributed by atoms with Gasteiger partial charge < -0.3 is 5.73 Å². The van der Waals surface area contributed by atoms with Gasteiger partial charge in [0, 0.05) is 6.54 Å². The molecule has 0 atom stereocenters. The highest BCUT2D eigenvalue weighted by atomic mass is 32.2. The zero-order valence-corrected chi connectivity index (χ0v) is 12.3. The fourth-order valence-electron chi connectivity index (χ4n) is 2.72. The lowest BCUT2D eigenvalue weighted by atomic mass is 9.87. The van der Waals surface area contributed by atoms with Gasteiger partial charge >= 0.3 is 0 Å². The molecule has 0 spiro atoms. The maximum atomic E-state index is 12.9. The number of nitrogen functional groups attached to an aromatic ring is 1.